The summed E-state index contributed by atoms with van der Waals surface area (Å²) in [4.78, 5) is 16.7. The molecule has 0 spiro atoms. The Balaban J connectivity index is 1.57. The molecule has 0 aliphatic carbocycles. The molecule has 8 heteroatoms. The lowest BCUT2D eigenvalue weighted by Gasteiger charge is -2.34. The Morgan fingerprint density at radius 2 is 1.53 bits per heavy atom. The zero-order valence-electron chi connectivity index (χ0n) is 18.9. The number of rotatable bonds is 8. The van der Waals surface area contributed by atoms with Crippen LogP contribution in [-0.2, 0) is 11.3 Å². The lowest BCUT2D eigenvalue weighted by molar-refractivity contribution is -0.127. The number of nitrogens with zero attached hydrogens (tertiary/aromatic N) is 2. The van der Waals surface area contributed by atoms with E-state index in [1.165, 1.54) is 13.2 Å². The summed E-state index contributed by atoms with van der Waals surface area (Å²) in [5.41, 5.74) is 1.65. The number of amides is 1. The third kappa shape index (κ3) is 5.50. The van der Waals surface area contributed by atoms with Gasteiger partial charge >= 0.3 is 0 Å². The molecule has 0 radical (unpaired) electrons. The van der Waals surface area contributed by atoms with Crippen LogP contribution in [0.2, 0.25) is 0 Å². The van der Waals surface area contributed by atoms with Gasteiger partial charge in [0.05, 0.1) is 28.4 Å². The number of carbonyl (C=O) groups excluding carboxylic acids is 1. The van der Waals surface area contributed by atoms with E-state index in [9.17, 15) is 9.18 Å². The Bertz CT molecular complexity index is 946. The van der Waals surface area contributed by atoms with E-state index in [1.54, 1.807) is 56.6 Å². The first-order chi connectivity index (χ1) is 15.5. The number of hydrogen-bond donors (Lipinski definition) is 0. The van der Waals surface area contributed by atoms with Gasteiger partial charge in [-0.3, -0.25) is 9.69 Å². The van der Waals surface area contributed by atoms with Crippen LogP contribution in [0.5, 0.6) is 23.0 Å². The van der Waals surface area contributed by atoms with Crippen molar-refractivity contribution in [2.75, 3.05) is 54.6 Å². The van der Waals surface area contributed by atoms with Gasteiger partial charge in [0.1, 0.15) is 0 Å². The van der Waals surface area contributed by atoms with Gasteiger partial charge in [-0.1, -0.05) is 6.07 Å². The maximum atomic E-state index is 13.9. The standard InChI is InChI=1S/C24H29FN2O5/c1-29-20-7-5-18(13-19(20)25)16-26-9-11-27(12-10-26)23(28)8-6-17-14-21(30-2)24(32-4)22(15-17)31-3/h5-8,13-15H,9-12,16H2,1-4H3/b8-6+. The molecule has 3 rings (SSSR count). The van der Waals surface area contributed by atoms with Crippen LogP contribution in [0, 0.1) is 5.82 Å². The van der Waals surface area contributed by atoms with Crippen molar-refractivity contribution in [2.24, 2.45) is 0 Å². The quantitative estimate of drug-likeness (QED) is 0.583. The second-order valence-electron chi connectivity index (χ2n) is 7.36. The molecule has 1 saturated heterocycles. The number of halogens is 1. The second-order valence-corrected chi connectivity index (χ2v) is 7.36. The summed E-state index contributed by atoms with van der Waals surface area (Å²) in [5, 5.41) is 0. The predicted octanol–water partition coefficient (Wildman–Crippen LogP) is 3.22. The van der Waals surface area contributed by atoms with Crippen LogP contribution in [0.4, 0.5) is 4.39 Å². The highest BCUT2D eigenvalue weighted by Gasteiger charge is 2.20. The Hall–Kier alpha value is -3.26. The number of piperazine rings is 1. The maximum Gasteiger partial charge on any atom is 0.246 e. The van der Waals surface area contributed by atoms with Gasteiger partial charge in [-0.2, -0.15) is 0 Å². The lowest BCUT2D eigenvalue weighted by Crippen LogP contribution is -2.47. The first-order valence-electron chi connectivity index (χ1n) is 10.3. The number of benzene rings is 2. The fourth-order valence-electron chi connectivity index (χ4n) is 3.66. The van der Waals surface area contributed by atoms with Crippen LogP contribution >= 0.6 is 0 Å². The smallest absolute Gasteiger partial charge is 0.246 e. The minimum Gasteiger partial charge on any atom is -0.494 e. The fraction of sp³-hybridized carbons (Fsp3) is 0.375. The van der Waals surface area contributed by atoms with Crippen molar-refractivity contribution in [2.45, 2.75) is 6.54 Å². The first-order valence-corrected chi connectivity index (χ1v) is 10.3. The Morgan fingerprint density at radius 1 is 0.906 bits per heavy atom. The number of ether oxygens (including phenoxy) is 4. The van der Waals surface area contributed by atoms with Crippen molar-refractivity contribution >= 4 is 12.0 Å². The molecule has 172 valence electrons. The minimum atomic E-state index is -0.365. The summed E-state index contributed by atoms with van der Waals surface area (Å²) in [7, 11) is 6.10. The third-order valence-electron chi connectivity index (χ3n) is 5.41. The van der Waals surface area contributed by atoms with Gasteiger partial charge in [-0.05, 0) is 41.5 Å². The Kier molecular flexibility index (Phi) is 7.94. The zero-order valence-corrected chi connectivity index (χ0v) is 18.9. The molecule has 1 aliphatic heterocycles. The molecule has 7 nitrogen and oxygen atoms in total. The van der Waals surface area contributed by atoms with Gasteiger partial charge in [-0.15, -0.1) is 0 Å². The molecule has 0 saturated carbocycles. The van der Waals surface area contributed by atoms with E-state index in [0.717, 1.165) is 24.2 Å². The van der Waals surface area contributed by atoms with E-state index in [2.05, 4.69) is 4.90 Å². The van der Waals surface area contributed by atoms with Crippen LogP contribution in [0.1, 0.15) is 11.1 Å². The van der Waals surface area contributed by atoms with Crippen LogP contribution in [0.3, 0.4) is 0 Å². The minimum absolute atomic E-state index is 0.0612. The number of carbonyl (C=O) groups is 1. The molecular formula is C24H29FN2O5. The van der Waals surface area contributed by atoms with Gasteiger partial charge in [0, 0.05) is 38.8 Å². The van der Waals surface area contributed by atoms with E-state index in [1.807, 2.05) is 6.07 Å². The van der Waals surface area contributed by atoms with Crippen molar-refractivity contribution in [3.8, 4) is 23.0 Å². The molecule has 2 aromatic rings. The topological polar surface area (TPSA) is 60.5 Å². The molecular weight excluding hydrogens is 415 g/mol. The molecule has 1 heterocycles. The zero-order chi connectivity index (χ0) is 23.1. The Morgan fingerprint density at radius 3 is 2.06 bits per heavy atom. The molecule has 32 heavy (non-hydrogen) atoms. The largest absolute Gasteiger partial charge is 0.494 e. The maximum absolute atomic E-state index is 13.9. The van der Waals surface area contributed by atoms with Crippen LogP contribution in [-0.4, -0.2) is 70.3 Å². The van der Waals surface area contributed by atoms with E-state index in [4.69, 9.17) is 18.9 Å². The van der Waals surface area contributed by atoms with Crippen molar-refractivity contribution in [1.82, 2.24) is 9.80 Å². The van der Waals surface area contributed by atoms with Crippen molar-refractivity contribution in [3.63, 3.8) is 0 Å². The summed E-state index contributed by atoms with van der Waals surface area (Å²) in [6, 6.07) is 8.57. The first kappa shape index (κ1) is 23.4. The van der Waals surface area contributed by atoms with Gasteiger partial charge in [-0.25, -0.2) is 4.39 Å². The highest BCUT2D eigenvalue weighted by molar-refractivity contribution is 5.92. The van der Waals surface area contributed by atoms with E-state index < -0.39 is 0 Å². The molecule has 0 aromatic heterocycles. The summed E-state index contributed by atoms with van der Waals surface area (Å²) in [6.07, 6.45) is 3.29. The molecule has 1 aliphatic rings. The molecule has 0 bridgehead atoms. The summed E-state index contributed by atoms with van der Waals surface area (Å²) in [5.74, 6) is 1.38. The molecule has 1 amide bonds. The van der Waals surface area contributed by atoms with Gasteiger partial charge < -0.3 is 23.8 Å². The second kappa shape index (κ2) is 10.9. The third-order valence-corrected chi connectivity index (χ3v) is 5.41. The highest BCUT2D eigenvalue weighted by atomic mass is 19.1. The molecule has 0 N–H and O–H groups in total. The summed E-state index contributed by atoms with van der Waals surface area (Å²) < 4.78 is 34.9. The van der Waals surface area contributed by atoms with Crippen molar-refractivity contribution in [3.05, 3.63) is 53.4 Å². The average molecular weight is 445 g/mol. The van der Waals surface area contributed by atoms with Gasteiger partial charge in [0.25, 0.3) is 0 Å². The SMILES string of the molecule is COc1ccc(CN2CCN(C(=O)/C=C/c3cc(OC)c(OC)c(OC)c3)CC2)cc1F. The van der Waals surface area contributed by atoms with E-state index in [0.29, 0.717) is 36.9 Å². The molecule has 0 unspecified atom stereocenters. The lowest BCUT2D eigenvalue weighted by atomic mass is 10.1. The molecule has 1 fully saturated rings. The fourth-order valence-corrected chi connectivity index (χ4v) is 3.66. The number of methoxy groups -OCH3 is 4. The molecule has 2 aromatic carbocycles. The molecule has 0 atom stereocenters. The van der Waals surface area contributed by atoms with Crippen molar-refractivity contribution in [1.29, 1.82) is 0 Å². The monoisotopic (exact) mass is 444 g/mol. The van der Waals surface area contributed by atoms with Gasteiger partial charge in [0.15, 0.2) is 23.1 Å². The van der Waals surface area contributed by atoms with Crippen LogP contribution < -0.4 is 18.9 Å². The normalized spacial score (nSPS) is 14.5. The predicted molar refractivity (Wildman–Crippen MR) is 120 cm³/mol. The van der Waals surface area contributed by atoms with Crippen molar-refractivity contribution < 1.29 is 28.1 Å². The van der Waals surface area contributed by atoms with E-state index in [-0.39, 0.29) is 17.5 Å². The van der Waals surface area contributed by atoms with E-state index >= 15 is 0 Å². The van der Waals surface area contributed by atoms with Crippen LogP contribution in [0.15, 0.2) is 36.4 Å². The summed E-state index contributed by atoms with van der Waals surface area (Å²) in [6.45, 7) is 3.28. The number of hydrogen-bond acceptors (Lipinski definition) is 6. The summed E-state index contributed by atoms with van der Waals surface area (Å²) >= 11 is 0. The van der Waals surface area contributed by atoms with Crippen LogP contribution in [0.25, 0.3) is 6.08 Å². The average Bonchev–Trinajstić information content (AvgIpc) is 2.82. The van der Waals surface area contributed by atoms with Gasteiger partial charge in [0.2, 0.25) is 11.7 Å². The highest BCUT2D eigenvalue weighted by Crippen LogP contribution is 2.38. The Labute approximate surface area is 187 Å².